The van der Waals surface area contributed by atoms with Crippen LogP contribution in [-0.2, 0) is 11.2 Å². The Hall–Kier alpha value is -1.84. The van der Waals surface area contributed by atoms with E-state index in [1.807, 2.05) is 18.2 Å². The van der Waals surface area contributed by atoms with Gasteiger partial charge < -0.3 is 4.90 Å². The van der Waals surface area contributed by atoms with Crippen LogP contribution in [0, 0.1) is 0 Å². The lowest BCUT2D eigenvalue weighted by Crippen LogP contribution is -2.27. The molecular weight excluding hydrogens is 319 g/mol. The van der Waals surface area contributed by atoms with Gasteiger partial charge in [0.15, 0.2) is 0 Å². The Kier molecular flexibility index (Phi) is 5.99. The van der Waals surface area contributed by atoms with Crippen LogP contribution in [0.15, 0.2) is 48.7 Å². The zero-order chi connectivity index (χ0) is 15.9. The lowest BCUT2D eigenvalue weighted by molar-refractivity contribution is -0.124. The molecule has 0 spiro atoms. The summed E-state index contributed by atoms with van der Waals surface area (Å²) in [6.07, 6.45) is 5.64. The second-order valence-electron chi connectivity index (χ2n) is 4.83. The van der Waals surface area contributed by atoms with Crippen molar-refractivity contribution in [2.75, 3.05) is 13.6 Å². The molecule has 0 saturated carbocycles. The van der Waals surface area contributed by atoms with Crippen molar-refractivity contribution in [1.29, 1.82) is 0 Å². The van der Waals surface area contributed by atoms with Gasteiger partial charge >= 0.3 is 0 Å². The summed E-state index contributed by atoms with van der Waals surface area (Å²) in [4.78, 5) is 18.0. The monoisotopic (exact) mass is 334 g/mol. The van der Waals surface area contributed by atoms with Gasteiger partial charge in [-0.05, 0) is 42.0 Å². The topological polar surface area (TPSA) is 33.2 Å². The zero-order valence-electron chi connectivity index (χ0n) is 12.2. The van der Waals surface area contributed by atoms with E-state index < -0.39 is 0 Å². The molecule has 2 rings (SSSR count). The van der Waals surface area contributed by atoms with Crippen LogP contribution in [0.3, 0.4) is 0 Å². The number of likely N-dealkylation sites (N-methyl/N-ethyl adjacent to an activating group) is 1. The summed E-state index contributed by atoms with van der Waals surface area (Å²) in [5, 5.41) is 1.14. The lowest BCUT2D eigenvalue weighted by Gasteiger charge is -2.14. The number of pyridine rings is 1. The molecule has 0 aliphatic rings. The van der Waals surface area contributed by atoms with E-state index in [1.54, 1.807) is 42.4 Å². The Balaban J connectivity index is 1.93. The summed E-state index contributed by atoms with van der Waals surface area (Å²) in [7, 11) is 1.76. The second-order valence-corrected chi connectivity index (χ2v) is 5.67. The van der Waals surface area contributed by atoms with Crippen LogP contribution in [-0.4, -0.2) is 29.4 Å². The van der Waals surface area contributed by atoms with Gasteiger partial charge in [0.2, 0.25) is 5.91 Å². The van der Waals surface area contributed by atoms with Gasteiger partial charge in [0.25, 0.3) is 0 Å². The van der Waals surface area contributed by atoms with Gasteiger partial charge in [-0.2, -0.15) is 0 Å². The summed E-state index contributed by atoms with van der Waals surface area (Å²) in [6.45, 7) is 0.601. The first-order valence-electron chi connectivity index (χ1n) is 6.84. The summed E-state index contributed by atoms with van der Waals surface area (Å²) in [5.74, 6) is -0.0908. The van der Waals surface area contributed by atoms with Crippen LogP contribution in [0.2, 0.25) is 10.0 Å². The fraction of sp³-hybridized carbons (Fsp3) is 0.176. The normalized spacial score (nSPS) is 10.9. The molecule has 1 aromatic carbocycles. The van der Waals surface area contributed by atoms with Crippen LogP contribution < -0.4 is 0 Å². The second kappa shape index (κ2) is 7.97. The van der Waals surface area contributed by atoms with Gasteiger partial charge in [-0.25, -0.2) is 0 Å². The maximum atomic E-state index is 12.1. The predicted octanol–water partition coefficient (Wildman–Crippen LogP) is 4.10. The zero-order valence-corrected chi connectivity index (χ0v) is 13.7. The Morgan fingerprint density at radius 2 is 2.09 bits per heavy atom. The van der Waals surface area contributed by atoms with Crippen molar-refractivity contribution in [3.05, 3.63) is 70.0 Å². The number of aromatic nitrogens is 1. The molecule has 0 bridgehead atoms. The molecule has 2 aromatic rings. The molecule has 0 aliphatic carbocycles. The molecule has 0 aliphatic heterocycles. The number of hydrogen-bond acceptors (Lipinski definition) is 2. The molecule has 114 valence electrons. The fourth-order valence-corrected chi connectivity index (χ4v) is 2.23. The summed E-state index contributed by atoms with van der Waals surface area (Å²) in [6, 6.07) is 10.9. The van der Waals surface area contributed by atoms with Crippen LogP contribution in [0.1, 0.15) is 11.3 Å². The van der Waals surface area contributed by atoms with Crippen LogP contribution in [0.25, 0.3) is 6.08 Å². The number of benzene rings is 1. The minimum Gasteiger partial charge on any atom is -0.342 e. The number of amides is 1. The quantitative estimate of drug-likeness (QED) is 0.771. The Bertz CT molecular complexity index is 672. The molecule has 0 fully saturated rings. The average Bonchev–Trinajstić information content (AvgIpc) is 2.54. The van der Waals surface area contributed by atoms with Crippen molar-refractivity contribution in [1.82, 2.24) is 9.88 Å². The molecule has 22 heavy (non-hydrogen) atoms. The van der Waals surface area contributed by atoms with E-state index >= 15 is 0 Å². The molecule has 1 aromatic heterocycles. The average molecular weight is 335 g/mol. The number of hydrogen-bond donors (Lipinski definition) is 0. The van der Waals surface area contributed by atoms with Crippen LogP contribution in [0.4, 0.5) is 0 Å². The van der Waals surface area contributed by atoms with E-state index in [0.29, 0.717) is 16.6 Å². The maximum Gasteiger partial charge on any atom is 0.246 e. The van der Waals surface area contributed by atoms with E-state index in [0.717, 1.165) is 17.7 Å². The van der Waals surface area contributed by atoms with Crippen LogP contribution in [0.5, 0.6) is 0 Å². The van der Waals surface area contributed by atoms with Crippen LogP contribution >= 0.6 is 23.2 Å². The van der Waals surface area contributed by atoms with E-state index in [4.69, 9.17) is 23.2 Å². The lowest BCUT2D eigenvalue weighted by atomic mass is 10.2. The molecule has 5 heteroatoms. The number of carbonyl (C=O) groups is 1. The third kappa shape index (κ3) is 4.86. The van der Waals surface area contributed by atoms with E-state index in [9.17, 15) is 4.79 Å². The largest absolute Gasteiger partial charge is 0.342 e. The standard InChI is InChI=1S/C17H16Cl2N2O/c1-21(11-9-15-4-2-3-10-20-15)17(22)8-5-13-12-14(18)6-7-16(13)19/h2-8,10,12H,9,11H2,1H3/b8-5+. The van der Waals surface area contributed by atoms with E-state index in [1.165, 1.54) is 6.08 Å². The highest BCUT2D eigenvalue weighted by atomic mass is 35.5. The Labute approximate surface area is 140 Å². The number of carbonyl (C=O) groups excluding carboxylic acids is 1. The Morgan fingerprint density at radius 1 is 1.27 bits per heavy atom. The first-order chi connectivity index (χ1) is 10.6. The minimum atomic E-state index is -0.0908. The molecular formula is C17H16Cl2N2O. The number of rotatable bonds is 5. The van der Waals surface area contributed by atoms with Crippen molar-refractivity contribution >= 4 is 35.2 Å². The summed E-state index contributed by atoms with van der Waals surface area (Å²) in [5.41, 5.74) is 1.68. The first kappa shape index (κ1) is 16.5. The number of halogens is 2. The molecule has 0 unspecified atom stereocenters. The van der Waals surface area contributed by atoms with Crippen molar-refractivity contribution in [2.45, 2.75) is 6.42 Å². The molecule has 1 heterocycles. The fourth-order valence-electron chi connectivity index (χ4n) is 1.87. The highest BCUT2D eigenvalue weighted by molar-refractivity contribution is 6.34. The predicted molar refractivity (Wildman–Crippen MR) is 91.1 cm³/mol. The smallest absolute Gasteiger partial charge is 0.246 e. The highest BCUT2D eigenvalue weighted by Crippen LogP contribution is 2.21. The van der Waals surface area contributed by atoms with Gasteiger partial charge in [0, 0.05) is 48.0 Å². The molecule has 0 saturated heterocycles. The van der Waals surface area contributed by atoms with Gasteiger partial charge in [-0.3, -0.25) is 9.78 Å². The molecule has 0 radical (unpaired) electrons. The molecule has 0 atom stereocenters. The van der Waals surface area contributed by atoms with Crippen molar-refractivity contribution in [3.8, 4) is 0 Å². The summed E-state index contributed by atoms with van der Waals surface area (Å²) < 4.78 is 0. The third-order valence-electron chi connectivity index (χ3n) is 3.17. The van der Waals surface area contributed by atoms with E-state index in [-0.39, 0.29) is 5.91 Å². The van der Waals surface area contributed by atoms with Gasteiger partial charge in [0.05, 0.1) is 0 Å². The molecule has 1 amide bonds. The molecule has 0 N–H and O–H groups in total. The van der Waals surface area contributed by atoms with Gasteiger partial charge in [-0.15, -0.1) is 0 Å². The molecule has 3 nitrogen and oxygen atoms in total. The third-order valence-corrected chi connectivity index (χ3v) is 3.75. The van der Waals surface area contributed by atoms with Gasteiger partial charge in [-0.1, -0.05) is 29.3 Å². The van der Waals surface area contributed by atoms with Crippen molar-refractivity contribution in [3.63, 3.8) is 0 Å². The maximum absolute atomic E-state index is 12.1. The van der Waals surface area contributed by atoms with E-state index in [2.05, 4.69) is 4.98 Å². The first-order valence-corrected chi connectivity index (χ1v) is 7.60. The van der Waals surface area contributed by atoms with Crippen molar-refractivity contribution in [2.24, 2.45) is 0 Å². The van der Waals surface area contributed by atoms with Gasteiger partial charge in [0.1, 0.15) is 0 Å². The van der Waals surface area contributed by atoms with Crippen molar-refractivity contribution < 1.29 is 4.79 Å². The Morgan fingerprint density at radius 3 is 2.82 bits per heavy atom. The minimum absolute atomic E-state index is 0.0908. The summed E-state index contributed by atoms with van der Waals surface area (Å²) >= 11 is 12.0. The number of nitrogens with zero attached hydrogens (tertiary/aromatic N) is 2. The highest BCUT2D eigenvalue weighted by Gasteiger charge is 2.06. The SMILES string of the molecule is CN(CCc1ccccn1)C(=O)/C=C/c1cc(Cl)ccc1Cl.